The monoisotopic (exact) mass is 402 g/mol. The molecule has 8 heteroatoms. The Balaban J connectivity index is 1.89. The second-order valence-electron chi connectivity index (χ2n) is 5.92. The van der Waals surface area contributed by atoms with Gasteiger partial charge in [0, 0.05) is 17.0 Å². The van der Waals surface area contributed by atoms with E-state index in [0.29, 0.717) is 17.1 Å². The number of methoxy groups -OCH3 is 1. The van der Waals surface area contributed by atoms with Crippen LogP contribution < -0.4 is 15.4 Å². The molecule has 2 amide bonds. The number of amides is 2. The van der Waals surface area contributed by atoms with Crippen molar-refractivity contribution < 1.29 is 24.2 Å². The SMILES string of the molecule is COc1ccccc1NC(=O)C(C)Sc1ccc(NC(=O)CCC(=O)O)cc1. The van der Waals surface area contributed by atoms with Crippen LogP contribution in [0.4, 0.5) is 11.4 Å². The molecule has 3 N–H and O–H groups in total. The number of hydrogen-bond acceptors (Lipinski definition) is 5. The highest BCUT2D eigenvalue weighted by Gasteiger charge is 2.16. The molecule has 0 radical (unpaired) electrons. The highest BCUT2D eigenvalue weighted by atomic mass is 32.2. The van der Waals surface area contributed by atoms with Crippen molar-refractivity contribution in [3.8, 4) is 5.75 Å². The average molecular weight is 402 g/mol. The molecule has 0 saturated carbocycles. The van der Waals surface area contributed by atoms with Crippen LogP contribution in [0, 0.1) is 0 Å². The second kappa shape index (κ2) is 10.4. The van der Waals surface area contributed by atoms with Gasteiger partial charge in [-0.1, -0.05) is 12.1 Å². The van der Waals surface area contributed by atoms with Gasteiger partial charge in [0.1, 0.15) is 5.75 Å². The molecule has 0 fully saturated rings. The summed E-state index contributed by atoms with van der Waals surface area (Å²) in [5.41, 5.74) is 1.19. The van der Waals surface area contributed by atoms with Gasteiger partial charge in [0.05, 0.1) is 24.5 Å². The number of nitrogens with one attached hydrogen (secondary N) is 2. The summed E-state index contributed by atoms with van der Waals surface area (Å²) in [6.07, 6.45) is -0.287. The van der Waals surface area contributed by atoms with Gasteiger partial charge in [0.25, 0.3) is 0 Å². The molecule has 0 saturated heterocycles. The average Bonchev–Trinajstić information content (AvgIpc) is 2.68. The highest BCUT2D eigenvalue weighted by molar-refractivity contribution is 8.00. The predicted molar refractivity (Wildman–Crippen MR) is 109 cm³/mol. The molecule has 0 aliphatic carbocycles. The molecular weight excluding hydrogens is 380 g/mol. The lowest BCUT2D eigenvalue weighted by Gasteiger charge is -2.14. The lowest BCUT2D eigenvalue weighted by atomic mass is 10.2. The molecule has 28 heavy (non-hydrogen) atoms. The zero-order valence-electron chi connectivity index (χ0n) is 15.6. The summed E-state index contributed by atoms with van der Waals surface area (Å²) < 4.78 is 5.23. The lowest BCUT2D eigenvalue weighted by Crippen LogP contribution is -2.22. The maximum Gasteiger partial charge on any atom is 0.303 e. The van der Waals surface area contributed by atoms with Crippen molar-refractivity contribution in [3.63, 3.8) is 0 Å². The molecule has 0 aliphatic heterocycles. The summed E-state index contributed by atoms with van der Waals surface area (Å²) in [7, 11) is 1.55. The molecule has 0 bridgehead atoms. The van der Waals surface area contributed by atoms with E-state index in [1.807, 2.05) is 12.1 Å². The third kappa shape index (κ3) is 6.62. The fraction of sp³-hybridized carbons (Fsp3) is 0.250. The molecule has 1 atom stereocenters. The van der Waals surface area contributed by atoms with E-state index in [1.165, 1.54) is 11.8 Å². The number of carbonyl (C=O) groups excluding carboxylic acids is 2. The van der Waals surface area contributed by atoms with E-state index in [4.69, 9.17) is 9.84 Å². The fourth-order valence-corrected chi connectivity index (χ4v) is 3.17. The van der Waals surface area contributed by atoms with Crippen LogP contribution in [0.3, 0.4) is 0 Å². The number of carboxylic acids is 1. The number of rotatable bonds is 9. The van der Waals surface area contributed by atoms with Gasteiger partial charge in [0.15, 0.2) is 0 Å². The van der Waals surface area contributed by atoms with E-state index in [2.05, 4.69) is 10.6 Å². The molecular formula is C20H22N2O5S. The summed E-state index contributed by atoms with van der Waals surface area (Å²) in [5, 5.41) is 13.7. The fourth-order valence-electron chi connectivity index (χ4n) is 2.30. The standard InChI is InChI=1S/C20H22N2O5S/c1-13(20(26)22-16-5-3-4-6-17(16)27-2)28-15-9-7-14(8-10-15)21-18(23)11-12-19(24)25/h3-10,13H,11-12H2,1-2H3,(H,21,23)(H,22,26)(H,24,25). The first-order valence-corrected chi connectivity index (χ1v) is 9.49. The van der Waals surface area contributed by atoms with Crippen LogP contribution in [0.15, 0.2) is 53.4 Å². The Morgan fingerprint density at radius 2 is 1.71 bits per heavy atom. The van der Waals surface area contributed by atoms with Gasteiger partial charge in [-0.2, -0.15) is 0 Å². The van der Waals surface area contributed by atoms with Gasteiger partial charge in [-0.05, 0) is 43.3 Å². The van der Waals surface area contributed by atoms with Crippen LogP contribution in [0.25, 0.3) is 0 Å². The number of thioether (sulfide) groups is 1. The number of anilines is 2. The Labute approximate surface area is 167 Å². The minimum atomic E-state index is -1.01. The number of carboxylic acid groups (broad SMARTS) is 1. The quantitative estimate of drug-likeness (QED) is 0.554. The van der Waals surface area contributed by atoms with Gasteiger partial charge < -0.3 is 20.5 Å². The van der Waals surface area contributed by atoms with E-state index >= 15 is 0 Å². The highest BCUT2D eigenvalue weighted by Crippen LogP contribution is 2.28. The minimum absolute atomic E-state index is 0.0774. The van der Waals surface area contributed by atoms with Gasteiger partial charge in [-0.3, -0.25) is 14.4 Å². The maximum atomic E-state index is 12.4. The zero-order valence-corrected chi connectivity index (χ0v) is 16.4. The van der Waals surface area contributed by atoms with Crippen LogP contribution in [0.1, 0.15) is 19.8 Å². The molecule has 2 aromatic carbocycles. The van der Waals surface area contributed by atoms with Crippen LogP contribution in [-0.4, -0.2) is 35.2 Å². The lowest BCUT2D eigenvalue weighted by molar-refractivity contribution is -0.138. The van der Waals surface area contributed by atoms with Crippen LogP contribution in [0.2, 0.25) is 0 Å². The van der Waals surface area contributed by atoms with Crippen LogP contribution in [0.5, 0.6) is 5.75 Å². The summed E-state index contributed by atoms with van der Waals surface area (Å²) in [5.74, 6) is -0.925. The summed E-state index contributed by atoms with van der Waals surface area (Å²) in [4.78, 5) is 35.4. The molecule has 2 aromatic rings. The molecule has 7 nitrogen and oxygen atoms in total. The number of carbonyl (C=O) groups is 3. The smallest absolute Gasteiger partial charge is 0.303 e. The minimum Gasteiger partial charge on any atom is -0.495 e. The first-order chi connectivity index (χ1) is 13.4. The Morgan fingerprint density at radius 3 is 2.36 bits per heavy atom. The summed E-state index contributed by atoms with van der Waals surface area (Å²) in [6.45, 7) is 1.80. The van der Waals surface area contributed by atoms with E-state index in [1.54, 1.807) is 50.4 Å². The Morgan fingerprint density at radius 1 is 1.04 bits per heavy atom. The predicted octanol–water partition coefficient (Wildman–Crippen LogP) is 3.62. The van der Waals surface area contributed by atoms with E-state index in [0.717, 1.165) is 4.90 Å². The largest absolute Gasteiger partial charge is 0.495 e. The Hall–Kier alpha value is -3.00. The van der Waals surface area contributed by atoms with Crippen molar-refractivity contribution in [2.45, 2.75) is 29.9 Å². The molecule has 0 aromatic heterocycles. The zero-order chi connectivity index (χ0) is 20.5. The molecule has 2 rings (SSSR count). The Kier molecular flexibility index (Phi) is 7.88. The first kappa shape index (κ1) is 21.3. The Bertz CT molecular complexity index is 839. The van der Waals surface area contributed by atoms with Crippen LogP contribution in [-0.2, 0) is 14.4 Å². The molecule has 148 valence electrons. The van der Waals surface area contributed by atoms with E-state index in [-0.39, 0.29) is 29.9 Å². The first-order valence-electron chi connectivity index (χ1n) is 8.61. The molecule has 0 spiro atoms. The van der Waals surface area contributed by atoms with Crippen LogP contribution >= 0.6 is 11.8 Å². The number of aliphatic carboxylic acids is 1. The second-order valence-corrected chi connectivity index (χ2v) is 7.33. The molecule has 1 unspecified atom stereocenters. The number of hydrogen-bond donors (Lipinski definition) is 3. The van der Waals surface area contributed by atoms with Gasteiger partial charge in [-0.15, -0.1) is 11.8 Å². The van der Waals surface area contributed by atoms with Gasteiger partial charge >= 0.3 is 5.97 Å². The van der Waals surface area contributed by atoms with Crippen molar-refractivity contribution in [3.05, 3.63) is 48.5 Å². The summed E-state index contributed by atoms with van der Waals surface area (Å²) >= 11 is 1.38. The summed E-state index contributed by atoms with van der Waals surface area (Å²) in [6, 6.07) is 14.2. The molecule has 0 aliphatic rings. The number of ether oxygens (including phenoxy) is 1. The van der Waals surface area contributed by atoms with Crippen molar-refractivity contribution in [1.82, 2.24) is 0 Å². The van der Waals surface area contributed by atoms with Crippen molar-refractivity contribution >= 4 is 40.9 Å². The number of benzene rings is 2. The van der Waals surface area contributed by atoms with Crippen molar-refractivity contribution in [1.29, 1.82) is 0 Å². The van der Waals surface area contributed by atoms with Gasteiger partial charge in [-0.25, -0.2) is 0 Å². The van der Waals surface area contributed by atoms with E-state index < -0.39 is 5.97 Å². The molecule has 0 heterocycles. The van der Waals surface area contributed by atoms with Crippen molar-refractivity contribution in [2.24, 2.45) is 0 Å². The normalized spacial score (nSPS) is 11.4. The van der Waals surface area contributed by atoms with E-state index in [9.17, 15) is 14.4 Å². The maximum absolute atomic E-state index is 12.4. The topological polar surface area (TPSA) is 105 Å². The third-order valence-corrected chi connectivity index (χ3v) is 4.86. The third-order valence-electron chi connectivity index (χ3n) is 3.75. The van der Waals surface area contributed by atoms with Gasteiger partial charge in [0.2, 0.25) is 11.8 Å². The number of para-hydroxylation sites is 2. The van der Waals surface area contributed by atoms with Crippen molar-refractivity contribution in [2.75, 3.05) is 17.7 Å².